The third-order valence-electron chi connectivity index (χ3n) is 6.73. The molecule has 5 rings (SSSR count). The zero-order valence-corrected chi connectivity index (χ0v) is 15.3. The highest BCUT2D eigenvalue weighted by Crippen LogP contribution is 2.54. The first kappa shape index (κ1) is 16.0. The van der Waals surface area contributed by atoms with E-state index in [0.717, 1.165) is 45.4 Å². The monoisotopic (exact) mass is 358 g/mol. The topological polar surface area (TPSA) is 41.6 Å². The lowest BCUT2D eigenvalue weighted by Crippen LogP contribution is -2.43. The Bertz CT molecular complexity index is 665. The number of thiophene rings is 1. The highest BCUT2D eigenvalue weighted by molar-refractivity contribution is 7.07. The van der Waals surface area contributed by atoms with E-state index in [1.165, 1.54) is 12.0 Å². The first-order valence-electron chi connectivity index (χ1n) is 9.57. The van der Waals surface area contributed by atoms with Crippen molar-refractivity contribution >= 4 is 17.2 Å². The van der Waals surface area contributed by atoms with Crippen LogP contribution in [0.25, 0.3) is 0 Å². The second-order valence-corrected chi connectivity index (χ2v) is 9.00. The van der Waals surface area contributed by atoms with Crippen LogP contribution >= 0.6 is 11.3 Å². The summed E-state index contributed by atoms with van der Waals surface area (Å²) in [6.07, 6.45) is 8.76. The van der Waals surface area contributed by atoms with Gasteiger partial charge in [-0.3, -0.25) is 9.69 Å². The first-order chi connectivity index (χ1) is 12.2. The lowest BCUT2D eigenvalue weighted by atomic mass is 9.73. The molecule has 4 heterocycles. The van der Waals surface area contributed by atoms with Crippen molar-refractivity contribution in [3.8, 4) is 0 Å². The Balaban J connectivity index is 1.23. The van der Waals surface area contributed by atoms with E-state index in [9.17, 15) is 4.79 Å². The summed E-state index contributed by atoms with van der Waals surface area (Å²) in [6.45, 7) is 3.99. The van der Waals surface area contributed by atoms with Gasteiger partial charge in [0.1, 0.15) is 0 Å². The van der Waals surface area contributed by atoms with Gasteiger partial charge in [0.15, 0.2) is 0 Å². The summed E-state index contributed by atoms with van der Waals surface area (Å²) in [4.78, 5) is 14.9. The molecule has 1 spiro atoms. The molecular weight excluding hydrogens is 332 g/mol. The van der Waals surface area contributed by atoms with Crippen LogP contribution in [0.2, 0.25) is 0 Å². The van der Waals surface area contributed by atoms with Crippen LogP contribution < -0.4 is 5.32 Å². The smallest absolute Gasteiger partial charge is 0.223 e. The van der Waals surface area contributed by atoms with E-state index in [1.807, 2.05) is 0 Å². The molecule has 0 aromatic carbocycles. The molecule has 4 nitrogen and oxygen atoms in total. The number of ether oxygens (including phenoxy) is 1. The quantitative estimate of drug-likeness (QED) is 0.823. The fourth-order valence-corrected chi connectivity index (χ4v) is 6.17. The van der Waals surface area contributed by atoms with Gasteiger partial charge >= 0.3 is 0 Å². The molecule has 3 aliphatic heterocycles. The number of nitrogens with one attached hydrogen (secondary N) is 1. The highest BCUT2D eigenvalue weighted by Gasteiger charge is 2.62. The molecule has 134 valence electrons. The third kappa shape index (κ3) is 2.77. The zero-order valence-electron chi connectivity index (χ0n) is 14.5. The second kappa shape index (κ2) is 6.22. The molecule has 2 bridgehead atoms. The van der Waals surface area contributed by atoms with Gasteiger partial charge in [0.05, 0.1) is 11.7 Å². The third-order valence-corrected chi connectivity index (χ3v) is 7.46. The number of carbonyl (C=O) groups excluding carboxylic acids is 1. The number of allylic oxidation sites excluding steroid dienone is 2. The highest BCUT2D eigenvalue weighted by atomic mass is 32.1. The van der Waals surface area contributed by atoms with E-state index >= 15 is 0 Å². The van der Waals surface area contributed by atoms with Crippen molar-refractivity contribution in [2.75, 3.05) is 19.6 Å². The van der Waals surface area contributed by atoms with Crippen LogP contribution in [0.3, 0.4) is 0 Å². The van der Waals surface area contributed by atoms with E-state index in [4.69, 9.17) is 4.74 Å². The van der Waals surface area contributed by atoms with Crippen LogP contribution in [0.15, 0.2) is 29.0 Å². The van der Waals surface area contributed by atoms with Crippen LogP contribution in [-0.4, -0.2) is 42.1 Å². The van der Waals surface area contributed by atoms with Crippen LogP contribution in [0.5, 0.6) is 0 Å². The molecule has 0 radical (unpaired) electrons. The van der Waals surface area contributed by atoms with Gasteiger partial charge in [0.2, 0.25) is 5.91 Å². The van der Waals surface area contributed by atoms with E-state index < -0.39 is 0 Å². The molecule has 25 heavy (non-hydrogen) atoms. The molecule has 1 aromatic heterocycles. The summed E-state index contributed by atoms with van der Waals surface area (Å²) in [6, 6.07) is 2.22. The molecule has 5 heteroatoms. The number of fused-ring (bicyclic) bond motifs is 1. The van der Waals surface area contributed by atoms with E-state index in [2.05, 4.69) is 39.2 Å². The van der Waals surface area contributed by atoms with Crippen molar-refractivity contribution in [2.24, 2.45) is 17.8 Å². The fourth-order valence-electron chi connectivity index (χ4n) is 5.52. The maximum absolute atomic E-state index is 12.4. The van der Waals surface area contributed by atoms with E-state index in [-0.39, 0.29) is 17.4 Å². The van der Waals surface area contributed by atoms with Gasteiger partial charge in [-0.25, -0.2) is 0 Å². The molecular formula is C20H26N2O2S. The average Bonchev–Trinajstić information content (AvgIpc) is 3.38. The number of amides is 1. The fraction of sp³-hybridized carbons (Fsp3) is 0.650. The summed E-state index contributed by atoms with van der Waals surface area (Å²) in [5.74, 6) is 1.45. The van der Waals surface area contributed by atoms with Gasteiger partial charge in [-0.2, -0.15) is 11.3 Å². The van der Waals surface area contributed by atoms with Gasteiger partial charge in [0, 0.05) is 43.9 Å². The lowest BCUT2D eigenvalue weighted by molar-refractivity contribution is -0.124. The maximum Gasteiger partial charge on any atom is 0.223 e. The Morgan fingerprint density at radius 2 is 2.28 bits per heavy atom. The second-order valence-electron chi connectivity index (χ2n) is 8.22. The minimum Gasteiger partial charge on any atom is -0.370 e. The minimum atomic E-state index is 0.0605. The normalized spacial score (nSPS) is 37.0. The number of carbonyl (C=O) groups is 1. The molecule has 3 fully saturated rings. The minimum absolute atomic E-state index is 0.0605. The molecule has 3 saturated heterocycles. The van der Waals surface area contributed by atoms with Gasteiger partial charge in [-0.05, 0) is 48.1 Å². The van der Waals surface area contributed by atoms with Crippen molar-refractivity contribution in [3.63, 3.8) is 0 Å². The summed E-state index contributed by atoms with van der Waals surface area (Å²) >= 11 is 1.77. The largest absolute Gasteiger partial charge is 0.370 e. The number of hydrogen-bond donors (Lipinski definition) is 1. The predicted octanol–water partition coefficient (Wildman–Crippen LogP) is 2.81. The van der Waals surface area contributed by atoms with Crippen LogP contribution in [-0.2, 0) is 16.1 Å². The maximum atomic E-state index is 12.4. The van der Waals surface area contributed by atoms with Gasteiger partial charge in [-0.15, -0.1) is 0 Å². The molecule has 1 amide bonds. The number of rotatable bonds is 5. The lowest BCUT2D eigenvalue weighted by Gasteiger charge is -2.29. The summed E-state index contributed by atoms with van der Waals surface area (Å²) in [5, 5.41) is 7.65. The van der Waals surface area contributed by atoms with E-state index in [0.29, 0.717) is 17.9 Å². The number of likely N-dealkylation sites (tertiary alicyclic amines) is 1. The van der Waals surface area contributed by atoms with Gasteiger partial charge < -0.3 is 10.1 Å². The van der Waals surface area contributed by atoms with Crippen LogP contribution in [0.4, 0.5) is 0 Å². The molecule has 1 aliphatic carbocycles. The molecule has 1 N–H and O–H groups in total. The Labute approximate surface area is 153 Å². The van der Waals surface area contributed by atoms with Crippen molar-refractivity contribution in [2.45, 2.75) is 43.9 Å². The number of nitrogens with zero attached hydrogens (tertiary/aromatic N) is 1. The summed E-state index contributed by atoms with van der Waals surface area (Å²) in [7, 11) is 0. The Morgan fingerprint density at radius 1 is 1.40 bits per heavy atom. The first-order valence-corrected chi connectivity index (χ1v) is 10.5. The van der Waals surface area contributed by atoms with Gasteiger partial charge in [-0.1, -0.05) is 12.2 Å². The SMILES string of the molecule is O=C(NC[C@H]1[C@H]2CN(Cc3ccsc3)C[C@]23CC[C@H]1O3)C1CC=CC1. The number of hydrogen-bond acceptors (Lipinski definition) is 4. The molecule has 1 aromatic rings. The van der Waals surface area contributed by atoms with Crippen molar-refractivity contribution in [1.29, 1.82) is 0 Å². The summed E-state index contributed by atoms with van der Waals surface area (Å²) in [5.41, 5.74) is 1.47. The molecule has 4 aliphatic rings. The van der Waals surface area contributed by atoms with Crippen molar-refractivity contribution in [3.05, 3.63) is 34.5 Å². The Kier molecular flexibility index (Phi) is 3.99. The molecule has 0 unspecified atom stereocenters. The van der Waals surface area contributed by atoms with E-state index in [1.54, 1.807) is 11.3 Å². The van der Waals surface area contributed by atoms with Crippen LogP contribution in [0.1, 0.15) is 31.2 Å². The standard InChI is InChI=1S/C20H26N2O2S/c23-19(15-3-1-2-4-15)21-9-16-17-11-22(10-14-6-8-25-12-14)13-20(17)7-5-18(16)24-20/h1-2,6,8,12,15-18H,3-5,7,9-11,13H2,(H,21,23)/t16-,17+,18+,20+/m0/s1. The molecule has 4 atom stereocenters. The van der Waals surface area contributed by atoms with Gasteiger partial charge in [0.25, 0.3) is 0 Å². The average molecular weight is 359 g/mol. The Hall–Kier alpha value is -1.17. The predicted molar refractivity (Wildman–Crippen MR) is 98.3 cm³/mol. The van der Waals surface area contributed by atoms with Crippen molar-refractivity contribution in [1.82, 2.24) is 10.2 Å². The summed E-state index contributed by atoms with van der Waals surface area (Å²) < 4.78 is 6.50. The van der Waals surface area contributed by atoms with Crippen molar-refractivity contribution < 1.29 is 9.53 Å². The Morgan fingerprint density at radius 3 is 3.08 bits per heavy atom. The zero-order chi connectivity index (χ0) is 16.9. The van der Waals surface area contributed by atoms with Crippen LogP contribution in [0, 0.1) is 17.8 Å². The molecule has 0 saturated carbocycles.